The number of hydrogen-bond acceptors (Lipinski definition) is 7. The summed E-state index contributed by atoms with van der Waals surface area (Å²) in [6, 6.07) is 11.2. The number of benzene rings is 2. The van der Waals surface area contributed by atoms with Crippen molar-refractivity contribution in [3.63, 3.8) is 0 Å². The molecule has 0 aliphatic rings. The quantitative estimate of drug-likeness (QED) is 0.185. The van der Waals surface area contributed by atoms with Crippen molar-refractivity contribution in [3.8, 4) is 0 Å². The summed E-state index contributed by atoms with van der Waals surface area (Å²) < 4.78 is 10.7. The SMILES string of the molecule is CNc1ccc(S(N)=O)cc1.Cc1cc(C)c(N(N)/C(=N\N)SCC=O)c(C)c1. The summed E-state index contributed by atoms with van der Waals surface area (Å²) in [7, 11) is 0.461. The van der Waals surface area contributed by atoms with E-state index in [-0.39, 0.29) is 5.75 Å². The number of nitrogens with zero attached hydrogens (tertiary/aromatic N) is 2. The van der Waals surface area contributed by atoms with Crippen molar-refractivity contribution in [1.29, 1.82) is 0 Å². The Morgan fingerprint density at radius 2 is 1.76 bits per heavy atom. The van der Waals surface area contributed by atoms with Crippen LogP contribution < -0.4 is 27.2 Å². The molecule has 0 fully saturated rings. The molecule has 0 radical (unpaired) electrons. The maximum Gasteiger partial charge on any atom is 0.201 e. The normalized spacial score (nSPS) is 11.9. The molecule has 0 bridgehead atoms. The fourth-order valence-corrected chi connectivity index (χ4v) is 3.61. The first kappa shape index (κ1) is 24.6. The molecule has 1 unspecified atom stereocenters. The van der Waals surface area contributed by atoms with Crippen LogP contribution in [-0.4, -0.2) is 28.5 Å². The Bertz CT molecular complexity index is 848. The summed E-state index contributed by atoms with van der Waals surface area (Å²) in [4.78, 5) is 11.0. The molecule has 0 heterocycles. The van der Waals surface area contributed by atoms with Gasteiger partial charge in [-0.25, -0.2) is 15.2 Å². The Hall–Kier alpha value is -2.40. The molecule has 10 heteroatoms. The minimum absolute atomic E-state index is 0.272. The number of thioether (sulfide) groups is 1. The van der Waals surface area contributed by atoms with Crippen LogP contribution in [0.1, 0.15) is 16.7 Å². The first-order chi connectivity index (χ1) is 13.7. The standard InChI is InChI=1S/C12H18N4OS.C7H10N2OS/c1-8-6-9(2)11(10(3)7-8)16(14)12(15-13)18-5-4-17;1-9-6-2-4-7(5-3-6)11(8)10/h4,6-7H,5,13-14H2,1-3H3;2-5,9H,8H2,1H3/b15-12+;. The minimum atomic E-state index is -1.37. The topological polar surface area (TPSA) is 140 Å². The first-order valence-electron chi connectivity index (χ1n) is 8.66. The number of nitrogens with two attached hydrogens (primary N) is 3. The molecule has 0 saturated heterocycles. The van der Waals surface area contributed by atoms with E-state index in [0.29, 0.717) is 10.1 Å². The van der Waals surface area contributed by atoms with E-state index in [4.69, 9.17) is 16.8 Å². The smallest absolute Gasteiger partial charge is 0.201 e. The van der Waals surface area contributed by atoms with Crippen LogP contribution in [0.3, 0.4) is 0 Å². The molecule has 2 rings (SSSR count). The molecule has 7 N–H and O–H groups in total. The van der Waals surface area contributed by atoms with Crippen molar-refractivity contribution < 1.29 is 9.00 Å². The zero-order valence-corrected chi connectivity index (χ0v) is 18.6. The molecule has 0 aliphatic carbocycles. The highest BCUT2D eigenvalue weighted by molar-refractivity contribution is 8.14. The van der Waals surface area contributed by atoms with Crippen LogP contribution in [0.2, 0.25) is 0 Å². The third kappa shape index (κ3) is 7.50. The van der Waals surface area contributed by atoms with Crippen molar-refractivity contribution in [1.82, 2.24) is 0 Å². The lowest BCUT2D eigenvalue weighted by molar-refractivity contribution is -0.105. The fourth-order valence-electron chi connectivity index (χ4n) is 2.68. The Kier molecular flexibility index (Phi) is 10.4. The maximum absolute atomic E-state index is 10.7. The van der Waals surface area contributed by atoms with Crippen LogP contribution >= 0.6 is 11.8 Å². The molecule has 8 nitrogen and oxygen atoms in total. The van der Waals surface area contributed by atoms with Crippen molar-refractivity contribution in [2.45, 2.75) is 25.7 Å². The van der Waals surface area contributed by atoms with Crippen LogP contribution in [0.25, 0.3) is 0 Å². The second-order valence-electron chi connectivity index (χ2n) is 6.08. The second kappa shape index (κ2) is 12.2. The summed E-state index contributed by atoms with van der Waals surface area (Å²) in [6.45, 7) is 5.99. The zero-order valence-electron chi connectivity index (χ0n) is 17.0. The summed E-state index contributed by atoms with van der Waals surface area (Å²) in [5.41, 5.74) is 5.11. The molecule has 1 atom stereocenters. The van der Waals surface area contributed by atoms with E-state index in [1.165, 1.54) is 22.3 Å². The molecule has 0 amide bonds. The number of amidine groups is 1. The number of carbonyl (C=O) groups excluding carboxylic acids is 1. The van der Waals surface area contributed by atoms with Gasteiger partial charge in [0.15, 0.2) is 0 Å². The summed E-state index contributed by atoms with van der Waals surface area (Å²) in [5.74, 6) is 11.6. The lowest BCUT2D eigenvalue weighted by Gasteiger charge is -2.23. The Morgan fingerprint density at radius 3 is 2.17 bits per heavy atom. The van der Waals surface area contributed by atoms with Gasteiger partial charge in [-0.3, -0.25) is 5.01 Å². The monoisotopic (exact) mass is 436 g/mol. The fraction of sp³-hybridized carbons (Fsp3) is 0.263. The number of hydrogen-bond donors (Lipinski definition) is 4. The van der Waals surface area contributed by atoms with Gasteiger partial charge in [-0.1, -0.05) is 29.5 Å². The molecule has 2 aromatic carbocycles. The van der Waals surface area contributed by atoms with Crippen molar-refractivity contribution in [2.75, 3.05) is 23.1 Å². The van der Waals surface area contributed by atoms with E-state index in [1.807, 2.05) is 52.1 Å². The van der Waals surface area contributed by atoms with Gasteiger partial charge in [-0.05, 0) is 56.2 Å². The highest BCUT2D eigenvalue weighted by Gasteiger charge is 2.15. The van der Waals surface area contributed by atoms with Gasteiger partial charge < -0.3 is 16.0 Å². The molecular formula is C19H28N6O2S2. The van der Waals surface area contributed by atoms with E-state index < -0.39 is 11.0 Å². The Labute approximate surface area is 178 Å². The zero-order chi connectivity index (χ0) is 22.0. The average molecular weight is 437 g/mol. The van der Waals surface area contributed by atoms with Crippen molar-refractivity contribution in [3.05, 3.63) is 53.1 Å². The van der Waals surface area contributed by atoms with E-state index in [1.54, 1.807) is 12.1 Å². The third-order valence-electron chi connectivity index (χ3n) is 3.85. The Morgan fingerprint density at radius 1 is 1.21 bits per heavy atom. The Balaban J connectivity index is 0.000000326. The summed E-state index contributed by atoms with van der Waals surface area (Å²) >= 11 is 1.20. The number of aldehydes is 1. The number of hydrazone groups is 1. The van der Waals surface area contributed by atoms with Gasteiger partial charge in [0.1, 0.15) is 17.3 Å². The average Bonchev–Trinajstić information content (AvgIpc) is 2.68. The summed E-state index contributed by atoms with van der Waals surface area (Å²) in [6.07, 6.45) is 0.790. The lowest BCUT2D eigenvalue weighted by atomic mass is 10.1. The molecule has 0 spiro atoms. The largest absolute Gasteiger partial charge is 0.388 e. The molecule has 0 aliphatic heterocycles. The molecule has 29 heavy (non-hydrogen) atoms. The predicted octanol–water partition coefficient (Wildman–Crippen LogP) is 2.16. The molecule has 158 valence electrons. The van der Waals surface area contributed by atoms with Gasteiger partial charge in [-0.2, -0.15) is 5.10 Å². The summed E-state index contributed by atoms with van der Waals surface area (Å²) in [5, 5.41) is 13.6. The number of aryl methyl sites for hydroxylation is 3. The van der Waals surface area contributed by atoms with Crippen LogP contribution in [0.5, 0.6) is 0 Å². The number of hydrazine groups is 1. The van der Waals surface area contributed by atoms with E-state index in [9.17, 15) is 9.00 Å². The highest BCUT2D eigenvalue weighted by atomic mass is 32.2. The van der Waals surface area contributed by atoms with Crippen molar-refractivity contribution >= 4 is 45.6 Å². The van der Waals surface area contributed by atoms with Crippen LogP contribution in [0.15, 0.2) is 46.4 Å². The van der Waals surface area contributed by atoms with Crippen LogP contribution in [0, 0.1) is 20.8 Å². The van der Waals surface area contributed by atoms with E-state index in [0.717, 1.165) is 28.8 Å². The van der Waals surface area contributed by atoms with Gasteiger partial charge in [0.05, 0.1) is 16.3 Å². The highest BCUT2D eigenvalue weighted by Crippen LogP contribution is 2.26. The van der Waals surface area contributed by atoms with Gasteiger partial charge in [0, 0.05) is 12.7 Å². The molecule has 0 saturated carbocycles. The predicted molar refractivity (Wildman–Crippen MR) is 124 cm³/mol. The van der Waals surface area contributed by atoms with Gasteiger partial charge >= 0.3 is 0 Å². The van der Waals surface area contributed by atoms with Gasteiger partial charge in [-0.15, -0.1) is 0 Å². The first-order valence-corrected chi connectivity index (χ1v) is 10.9. The number of anilines is 2. The van der Waals surface area contributed by atoms with Crippen molar-refractivity contribution in [2.24, 2.45) is 21.9 Å². The van der Waals surface area contributed by atoms with Gasteiger partial charge in [0.2, 0.25) is 5.17 Å². The second-order valence-corrected chi connectivity index (χ2v) is 8.13. The third-order valence-corrected chi connectivity index (χ3v) is 5.45. The molecule has 0 aromatic heterocycles. The van der Waals surface area contributed by atoms with E-state index >= 15 is 0 Å². The molecule has 2 aromatic rings. The lowest BCUT2D eigenvalue weighted by Crippen LogP contribution is -2.37. The van der Waals surface area contributed by atoms with Crippen LogP contribution in [0.4, 0.5) is 11.4 Å². The molecular weight excluding hydrogens is 408 g/mol. The number of nitrogens with one attached hydrogen (secondary N) is 1. The number of carbonyl (C=O) groups is 1. The number of rotatable bonds is 5. The van der Waals surface area contributed by atoms with E-state index in [2.05, 4.69) is 10.4 Å². The van der Waals surface area contributed by atoms with Crippen LogP contribution in [-0.2, 0) is 15.8 Å². The minimum Gasteiger partial charge on any atom is -0.388 e. The maximum atomic E-state index is 10.7. The van der Waals surface area contributed by atoms with Gasteiger partial charge in [0.25, 0.3) is 0 Å².